The van der Waals surface area contributed by atoms with Gasteiger partial charge < -0.3 is 14.2 Å². The quantitative estimate of drug-likeness (QED) is 0.414. The fraction of sp³-hybridized carbons (Fsp3) is 0.667. The summed E-state index contributed by atoms with van der Waals surface area (Å²) >= 11 is 0. The summed E-state index contributed by atoms with van der Waals surface area (Å²) < 4.78 is 34.1. The number of allylic oxidation sites excluding steroid dienone is 4. The van der Waals surface area contributed by atoms with Crippen LogP contribution in [0.2, 0.25) is 0 Å². The van der Waals surface area contributed by atoms with Gasteiger partial charge in [0.1, 0.15) is 6.10 Å². The van der Waals surface area contributed by atoms with Gasteiger partial charge in [0.25, 0.3) is 0 Å². The highest BCUT2D eigenvalue weighted by atomic mass is 19.1. The minimum Gasteiger partial charge on any atom is -0.459 e. The van der Waals surface area contributed by atoms with Gasteiger partial charge in [-0.05, 0) is 57.1 Å². The van der Waals surface area contributed by atoms with Crippen molar-refractivity contribution in [1.29, 1.82) is 0 Å². The molecule has 0 saturated heterocycles. The summed E-state index contributed by atoms with van der Waals surface area (Å²) in [6.07, 6.45) is 4.46. The number of hydrogen-bond donors (Lipinski definition) is 0. The molecule has 9 heteroatoms. The van der Waals surface area contributed by atoms with Crippen molar-refractivity contribution in [2.24, 2.45) is 22.7 Å². The lowest BCUT2D eigenvalue weighted by molar-refractivity contribution is -0.233. The second-order valence-corrected chi connectivity index (χ2v) is 11.0. The summed E-state index contributed by atoms with van der Waals surface area (Å²) in [5, 5.41) is 0. The van der Waals surface area contributed by atoms with Crippen molar-refractivity contribution in [3.8, 4) is 0 Å². The maximum Gasteiger partial charge on any atom is 0.303 e. The number of esters is 3. The standard InChI is InChI=1S/C27H33FO8/c1-15(29)34-14-22(33)26(36-17(3)31)11-9-20-21-7-6-18-12-19(32)8-10-24(18,4)27(21,28)23(35-16(2)30)13-25(20,26)5/h8,10,12,20-21,23H,6-7,9,11,13-14H2,1-5H3/t20-,21-,23-,24-,25-,26-,27-/m0/s1. The number of Topliss-reactive ketones (excluding diaryl/α,β-unsaturated/α-hetero) is 1. The second kappa shape index (κ2) is 8.63. The Morgan fingerprint density at radius 2 is 1.72 bits per heavy atom. The third-order valence-corrected chi connectivity index (χ3v) is 9.22. The molecule has 3 saturated carbocycles. The van der Waals surface area contributed by atoms with E-state index >= 15 is 4.39 Å². The van der Waals surface area contributed by atoms with E-state index in [-0.39, 0.29) is 24.5 Å². The molecule has 36 heavy (non-hydrogen) atoms. The highest BCUT2D eigenvalue weighted by Gasteiger charge is 2.76. The van der Waals surface area contributed by atoms with Crippen LogP contribution in [-0.4, -0.2) is 53.5 Å². The van der Waals surface area contributed by atoms with Gasteiger partial charge in [0.15, 0.2) is 23.7 Å². The molecule has 0 amide bonds. The summed E-state index contributed by atoms with van der Waals surface area (Å²) in [5.41, 5.74) is -5.31. The Morgan fingerprint density at radius 3 is 2.33 bits per heavy atom. The zero-order chi connectivity index (χ0) is 26.7. The van der Waals surface area contributed by atoms with Gasteiger partial charge in [-0.1, -0.05) is 18.6 Å². The highest BCUT2D eigenvalue weighted by molar-refractivity contribution is 6.01. The van der Waals surface area contributed by atoms with Crippen molar-refractivity contribution in [2.45, 2.75) is 84.1 Å². The molecule has 0 N–H and O–H groups in total. The van der Waals surface area contributed by atoms with E-state index in [4.69, 9.17) is 14.2 Å². The Hall–Kier alpha value is -2.84. The van der Waals surface area contributed by atoms with Crippen LogP contribution in [0.15, 0.2) is 23.8 Å². The smallest absolute Gasteiger partial charge is 0.303 e. The first-order valence-corrected chi connectivity index (χ1v) is 12.4. The van der Waals surface area contributed by atoms with E-state index in [9.17, 15) is 24.0 Å². The van der Waals surface area contributed by atoms with Crippen LogP contribution in [0.1, 0.15) is 66.7 Å². The Morgan fingerprint density at radius 1 is 1.03 bits per heavy atom. The van der Waals surface area contributed by atoms with Crippen molar-refractivity contribution in [3.05, 3.63) is 23.8 Å². The number of ketones is 2. The fourth-order valence-electron chi connectivity index (χ4n) is 7.70. The number of halogens is 1. The molecule has 196 valence electrons. The van der Waals surface area contributed by atoms with Crippen LogP contribution in [0.4, 0.5) is 4.39 Å². The third-order valence-electron chi connectivity index (χ3n) is 9.22. The molecule has 0 aromatic heterocycles. The van der Waals surface area contributed by atoms with Crippen molar-refractivity contribution >= 4 is 29.5 Å². The van der Waals surface area contributed by atoms with Crippen LogP contribution in [0, 0.1) is 22.7 Å². The summed E-state index contributed by atoms with van der Waals surface area (Å²) in [6.45, 7) is 6.51. The monoisotopic (exact) mass is 504 g/mol. The Bertz CT molecular complexity index is 1090. The van der Waals surface area contributed by atoms with Gasteiger partial charge in [-0.25, -0.2) is 4.39 Å². The minimum atomic E-state index is -2.05. The fourth-order valence-corrected chi connectivity index (χ4v) is 7.70. The van der Waals surface area contributed by atoms with Gasteiger partial charge >= 0.3 is 17.9 Å². The van der Waals surface area contributed by atoms with Crippen LogP contribution in [-0.2, 0) is 38.2 Å². The van der Waals surface area contributed by atoms with Gasteiger partial charge in [0.2, 0.25) is 5.78 Å². The average Bonchev–Trinajstić information content (AvgIpc) is 3.05. The molecule has 0 aromatic carbocycles. The van der Waals surface area contributed by atoms with E-state index in [1.54, 1.807) is 19.9 Å². The second-order valence-electron chi connectivity index (χ2n) is 11.0. The molecule has 0 aromatic rings. The number of carbonyl (C=O) groups excluding carboxylic acids is 5. The van der Waals surface area contributed by atoms with Crippen LogP contribution >= 0.6 is 0 Å². The van der Waals surface area contributed by atoms with Gasteiger partial charge in [0, 0.05) is 37.5 Å². The molecule has 3 fully saturated rings. The molecule has 0 aliphatic heterocycles. The van der Waals surface area contributed by atoms with Crippen molar-refractivity contribution in [1.82, 2.24) is 0 Å². The molecular weight excluding hydrogens is 471 g/mol. The van der Waals surface area contributed by atoms with E-state index in [0.29, 0.717) is 24.8 Å². The van der Waals surface area contributed by atoms with Crippen LogP contribution in [0.3, 0.4) is 0 Å². The van der Waals surface area contributed by atoms with E-state index in [2.05, 4.69) is 0 Å². The molecule has 7 atom stereocenters. The van der Waals surface area contributed by atoms with Crippen LogP contribution < -0.4 is 0 Å². The maximum atomic E-state index is 17.7. The van der Waals surface area contributed by atoms with Crippen LogP contribution in [0.5, 0.6) is 0 Å². The summed E-state index contributed by atoms with van der Waals surface area (Å²) in [7, 11) is 0. The van der Waals surface area contributed by atoms with E-state index in [0.717, 1.165) is 0 Å². The van der Waals surface area contributed by atoms with Gasteiger partial charge in [0.05, 0.1) is 0 Å². The minimum absolute atomic E-state index is 0.0754. The van der Waals surface area contributed by atoms with Crippen molar-refractivity contribution in [3.63, 3.8) is 0 Å². The van der Waals surface area contributed by atoms with Crippen molar-refractivity contribution in [2.75, 3.05) is 6.61 Å². The molecule has 4 aliphatic rings. The summed E-state index contributed by atoms with van der Waals surface area (Å²) in [5.74, 6) is -3.81. The molecule has 0 radical (unpaired) electrons. The first-order valence-electron chi connectivity index (χ1n) is 12.4. The number of alkyl halides is 1. The maximum absolute atomic E-state index is 17.7. The first-order chi connectivity index (χ1) is 16.7. The molecule has 0 bridgehead atoms. The van der Waals surface area contributed by atoms with E-state index in [1.807, 2.05) is 0 Å². The lowest BCUT2D eigenvalue weighted by Gasteiger charge is -2.63. The number of rotatable bonds is 5. The molecule has 8 nitrogen and oxygen atoms in total. The Balaban J connectivity index is 1.85. The number of fused-ring (bicyclic) bond motifs is 5. The zero-order valence-electron chi connectivity index (χ0n) is 21.4. The predicted octanol–water partition coefficient (Wildman–Crippen LogP) is 3.36. The van der Waals surface area contributed by atoms with E-state index in [1.165, 1.54) is 32.9 Å². The van der Waals surface area contributed by atoms with Crippen LogP contribution in [0.25, 0.3) is 0 Å². The Labute approximate surface area is 209 Å². The molecule has 4 rings (SSSR count). The van der Waals surface area contributed by atoms with Gasteiger partial charge in [-0.15, -0.1) is 0 Å². The number of hydrogen-bond acceptors (Lipinski definition) is 8. The summed E-state index contributed by atoms with van der Waals surface area (Å²) in [6, 6.07) is 0. The molecule has 0 heterocycles. The highest BCUT2D eigenvalue weighted by Crippen LogP contribution is 2.70. The molecule has 0 unspecified atom stereocenters. The normalized spacial score (nSPS) is 40.8. The predicted molar refractivity (Wildman–Crippen MR) is 124 cm³/mol. The lowest BCUT2D eigenvalue weighted by atomic mass is 9.44. The Kier molecular flexibility index (Phi) is 6.29. The third kappa shape index (κ3) is 3.57. The van der Waals surface area contributed by atoms with Crippen molar-refractivity contribution < 1.29 is 42.6 Å². The molecular formula is C27H33FO8. The number of carbonyl (C=O) groups is 5. The molecule has 4 aliphatic carbocycles. The zero-order valence-corrected chi connectivity index (χ0v) is 21.4. The topological polar surface area (TPSA) is 113 Å². The first kappa shape index (κ1) is 26.2. The number of ether oxygens (including phenoxy) is 3. The largest absolute Gasteiger partial charge is 0.459 e. The average molecular weight is 505 g/mol. The van der Waals surface area contributed by atoms with Gasteiger partial charge in [-0.2, -0.15) is 0 Å². The SMILES string of the molecule is CC(=O)OCC(=O)[C@@]1(OC(C)=O)CC[C@H]2[C@@H]3CCC4=CC(=O)C=C[C@]4(C)[C@@]3(F)[C@@H](OC(C)=O)C[C@@]21C. The lowest BCUT2D eigenvalue weighted by Crippen LogP contribution is -2.70. The molecule has 0 spiro atoms. The summed E-state index contributed by atoms with van der Waals surface area (Å²) in [4.78, 5) is 61.5. The van der Waals surface area contributed by atoms with Gasteiger partial charge in [-0.3, -0.25) is 24.0 Å². The van der Waals surface area contributed by atoms with E-state index < -0.39 is 64.4 Å².